The molecule has 10 heteroatoms. The summed E-state index contributed by atoms with van der Waals surface area (Å²) in [6, 6.07) is 12.0. The first kappa shape index (κ1) is 27.5. The highest BCUT2D eigenvalue weighted by Gasteiger charge is 2.41. The lowest BCUT2D eigenvalue weighted by Crippen LogP contribution is -2.39. The fraction of sp³-hybridized carbons (Fsp3) is 0.346. The standard InChI is InChI=1S/C26H27ClF4N2O3/c1-16-21(18-10-11-19(27)20(28)12-18)23(36-24(35)32(4)14-25(2,3)15-34)33(22(16)26(29,30)31)13-17-8-6-5-7-9-17/h5-12,34H,13-15H2,1-4H3. The lowest BCUT2D eigenvalue weighted by Gasteiger charge is -2.28. The molecule has 1 heterocycles. The Balaban J connectivity index is 2.23. The third kappa shape index (κ3) is 6.02. The Morgan fingerprint density at radius 3 is 2.33 bits per heavy atom. The lowest BCUT2D eigenvalue weighted by molar-refractivity contribution is -0.144. The molecule has 0 aliphatic heterocycles. The van der Waals surface area contributed by atoms with Crippen molar-refractivity contribution >= 4 is 17.7 Å². The topological polar surface area (TPSA) is 54.7 Å². The number of carbonyl (C=O) groups excluding carboxylic acids is 1. The van der Waals surface area contributed by atoms with Crippen molar-refractivity contribution in [1.29, 1.82) is 0 Å². The third-order valence-corrected chi connectivity index (χ3v) is 6.01. The van der Waals surface area contributed by atoms with E-state index in [0.717, 1.165) is 10.6 Å². The second-order valence-electron chi connectivity index (χ2n) is 9.40. The fourth-order valence-corrected chi connectivity index (χ4v) is 4.13. The van der Waals surface area contributed by atoms with Crippen molar-refractivity contribution in [2.45, 2.75) is 33.5 Å². The van der Waals surface area contributed by atoms with Gasteiger partial charge in [0.1, 0.15) is 11.5 Å². The Morgan fingerprint density at radius 2 is 1.78 bits per heavy atom. The fourth-order valence-electron chi connectivity index (χ4n) is 4.02. The van der Waals surface area contributed by atoms with Gasteiger partial charge in [-0.25, -0.2) is 9.18 Å². The summed E-state index contributed by atoms with van der Waals surface area (Å²) in [4.78, 5) is 14.2. The zero-order chi connectivity index (χ0) is 26.8. The summed E-state index contributed by atoms with van der Waals surface area (Å²) in [5, 5.41) is 9.35. The van der Waals surface area contributed by atoms with Crippen LogP contribution >= 0.6 is 11.6 Å². The Bertz CT molecular complexity index is 1240. The molecular formula is C26H27ClF4N2O3. The van der Waals surface area contributed by atoms with Crippen LogP contribution in [0.2, 0.25) is 5.02 Å². The highest BCUT2D eigenvalue weighted by atomic mass is 35.5. The summed E-state index contributed by atoms with van der Waals surface area (Å²) in [7, 11) is 1.42. The number of alkyl halides is 3. The SMILES string of the molecule is Cc1c(-c2ccc(Cl)c(F)c2)c(OC(=O)N(C)CC(C)(C)CO)n(Cc2ccccc2)c1C(F)(F)F. The molecule has 0 saturated carbocycles. The van der Waals surface area contributed by atoms with Gasteiger partial charge in [0.15, 0.2) is 0 Å². The van der Waals surface area contributed by atoms with Crippen LogP contribution in [0.15, 0.2) is 48.5 Å². The second kappa shape index (κ2) is 10.5. The summed E-state index contributed by atoms with van der Waals surface area (Å²) in [6.45, 7) is 4.31. The van der Waals surface area contributed by atoms with Gasteiger partial charge >= 0.3 is 12.3 Å². The number of nitrogens with zero attached hydrogens (tertiary/aromatic N) is 2. The van der Waals surface area contributed by atoms with Crippen LogP contribution in [-0.4, -0.2) is 40.9 Å². The molecule has 0 unspecified atom stereocenters. The molecule has 0 aliphatic carbocycles. The van der Waals surface area contributed by atoms with Crippen LogP contribution in [0.4, 0.5) is 22.4 Å². The van der Waals surface area contributed by atoms with E-state index in [1.807, 2.05) is 0 Å². The minimum atomic E-state index is -4.80. The van der Waals surface area contributed by atoms with Crippen LogP contribution in [0.1, 0.15) is 30.7 Å². The van der Waals surface area contributed by atoms with E-state index in [1.165, 1.54) is 31.0 Å². The molecule has 0 fully saturated rings. The largest absolute Gasteiger partial charge is 0.431 e. The minimum Gasteiger partial charge on any atom is -0.396 e. The van der Waals surface area contributed by atoms with Gasteiger partial charge in [0.2, 0.25) is 5.88 Å². The second-order valence-corrected chi connectivity index (χ2v) is 9.81. The van der Waals surface area contributed by atoms with Gasteiger partial charge in [0, 0.05) is 31.2 Å². The number of benzene rings is 2. The van der Waals surface area contributed by atoms with Crippen LogP contribution in [0.25, 0.3) is 11.1 Å². The summed E-state index contributed by atoms with van der Waals surface area (Å²) in [6.07, 6.45) is -5.72. The maximum Gasteiger partial charge on any atom is 0.431 e. The zero-order valence-corrected chi connectivity index (χ0v) is 21.0. The molecule has 1 amide bonds. The van der Waals surface area contributed by atoms with Gasteiger partial charge in [-0.3, -0.25) is 0 Å². The molecule has 0 atom stereocenters. The lowest BCUT2D eigenvalue weighted by atomic mass is 9.94. The Morgan fingerprint density at radius 1 is 1.14 bits per heavy atom. The van der Waals surface area contributed by atoms with E-state index in [4.69, 9.17) is 16.3 Å². The van der Waals surface area contributed by atoms with E-state index < -0.39 is 29.2 Å². The Hall–Kier alpha value is -3.04. The van der Waals surface area contributed by atoms with Gasteiger partial charge in [-0.1, -0.05) is 61.8 Å². The molecule has 194 valence electrons. The van der Waals surface area contributed by atoms with E-state index in [2.05, 4.69) is 0 Å². The summed E-state index contributed by atoms with van der Waals surface area (Å²) in [5.41, 5.74) is -1.36. The maximum absolute atomic E-state index is 14.3. The van der Waals surface area contributed by atoms with Crippen LogP contribution < -0.4 is 4.74 Å². The number of rotatable bonds is 7. The number of halogens is 5. The van der Waals surface area contributed by atoms with Gasteiger partial charge in [0.05, 0.1) is 11.6 Å². The van der Waals surface area contributed by atoms with Crippen molar-refractivity contribution < 1.29 is 32.2 Å². The number of aliphatic hydroxyl groups excluding tert-OH is 1. The summed E-state index contributed by atoms with van der Waals surface area (Å²) in [5.74, 6) is -1.19. The van der Waals surface area contributed by atoms with E-state index in [-0.39, 0.29) is 47.3 Å². The monoisotopic (exact) mass is 526 g/mol. The van der Waals surface area contributed by atoms with Crippen molar-refractivity contribution in [2.75, 3.05) is 20.2 Å². The molecule has 3 aromatic rings. The molecule has 5 nitrogen and oxygen atoms in total. The van der Waals surface area contributed by atoms with Crippen LogP contribution in [0.3, 0.4) is 0 Å². The normalized spacial score (nSPS) is 12.1. The van der Waals surface area contributed by atoms with E-state index in [9.17, 15) is 27.5 Å². The molecule has 0 aliphatic rings. The molecule has 1 N–H and O–H groups in total. The van der Waals surface area contributed by atoms with E-state index >= 15 is 0 Å². The van der Waals surface area contributed by atoms with Crippen molar-refractivity contribution in [3.8, 4) is 17.0 Å². The van der Waals surface area contributed by atoms with Crippen molar-refractivity contribution in [1.82, 2.24) is 9.47 Å². The average molecular weight is 527 g/mol. The summed E-state index contributed by atoms with van der Waals surface area (Å²) >= 11 is 5.79. The Kier molecular flexibility index (Phi) is 8.05. The van der Waals surface area contributed by atoms with Gasteiger partial charge < -0.3 is 19.3 Å². The maximum atomic E-state index is 14.3. The van der Waals surface area contributed by atoms with Crippen LogP contribution in [0, 0.1) is 18.2 Å². The van der Waals surface area contributed by atoms with Gasteiger partial charge in [-0.2, -0.15) is 13.2 Å². The third-order valence-electron chi connectivity index (χ3n) is 5.71. The molecule has 2 aromatic carbocycles. The quantitative estimate of drug-likeness (QED) is 0.346. The van der Waals surface area contributed by atoms with Crippen molar-refractivity contribution in [2.24, 2.45) is 5.41 Å². The molecule has 1 aromatic heterocycles. The predicted octanol–water partition coefficient (Wildman–Crippen LogP) is 6.77. The number of hydrogen-bond acceptors (Lipinski definition) is 3. The van der Waals surface area contributed by atoms with Gasteiger partial charge in [-0.15, -0.1) is 0 Å². The number of carbonyl (C=O) groups is 1. The number of amides is 1. The van der Waals surface area contributed by atoms with Crippen molar-refractivity contribution in [3.63, 3.8) is 0 Å². The molecule has 3 rings (SSSR count). The predicted molar refractivity (Wildman–Crippen MR) is 130 cm³/mol. The average Bonchev–Trinajstić information content (AvgIpc) is 3.07. The molecule has 0 saturated heterocycles. The molecule has 0 spiro atoms. The minimum absolute atomic E-state index is 0.0722. The first-order chi connectivity index (χ1) is 16.7. The van der Waals surface area contributed by atoms with Gasteiger partial charge in [0.25, 0.3) is 0 Å². The number of aromatic nitrogens is 1. The number of hydrogen-bond donors (Lipinski definition) is 1. The smallest absolute Gasteiger partial charge is 0.396 e. The first-order valence-corrected chi connectivity index (χ1v) is 11.5. The number of ether oxygens (including phenoxy) is 1. The molecule has 0 radical (unpaired) electrons. The van der Waals surface area contributed by atoms with E-state index in [1.54, 1.807) is 44.2 Å². The summed E-state index contributed by atoms with van der Waals surface area (Å²) < 4.78 is 63.8. The molecule has 36 heavy (non-hydrogen) atoms. The van der Waals surface area contributed by atoms with Crippen LogP contribution in [0.5, 0.6) is 5.88 Å². The highest BCUT2D eigenvalue weighted by molar-refractivity contribution is 6.30. The zero-order valence-electron chi connectivity index (χ0n) is 20.3. The van der Waals surface area contributed by atoms with Gasteiger partial charge in [-0.05, 0) is 35.7 Å². The molecular weight excluding hydrogens is 500 g/mol. The first-order valence-electron chi connectivity index (χ1n) is 11.1. The Labute approximate surface area is 211 Å². The number of aliphatic hydroxyl groups is 1. The highest BCUT2D eigenvalue weighted by Crippen LogP contribution is 2.45. The van der Waals surface area contributed by atoms with E-state index in [0.29, 0.717) is 5.56 Å². The molecule has 0 bridgehead atoms. The van der Waals surface area contributed by atoms with Crippen molar-refractivity contribution in [3.05, 3.63) is 76.2 Å². The van der Waals surface area contributed by atoms with Crippen LogP contribution in [-0.2, 0) is 12.7 Å².